The van der Waals surface area contributed by atoms with Crippen LogP contribution in [-0.4, -0.2) is 36.3 Å². The van der Waals surface area contributed by atoms with Crippen molar-refractivity contribution in [1.82, 2.24) is 4.90 Å². The van der Waals surface area contributed by atoms with E-state index in [1.165, 1.54) is 0 Å². The molecule has 1 aliphatic heterocycles. The third-order valence-corrected chi connectivity index (χ3v) is 3.81. The van der Waals surface area contributed by atoms with E-state index in [9.17, 15) is 9.59 Å². The summed E-state index contributed by atoms with van der Waals surface area (Å²) in [5.41, 5.74) is 0.440. The fourth-order valence-electron chi connectivity index (χ4n) is 2.16. The summed E-state index contributed by atoms with van der Waals surface area (Å²) in [5.74, 6) is 0.405. The van der Waals surface area contributed by atoms with Crippen molar-refractivity contribution >= 4 is 28.1 Å². The first-order valence-corrected chi connectivity index (χ1v) is 7.12. The summed E-state index contributed by atoms with van der Waals surface area (Å²) in [6.07, 6.45) is 2.24. The lowest BCUT2D eigenvalue weighted by atomic mass is 10.2. The molecule has 0 saturated carbocycles. The van der Waals surface area contributed by atoms with Gasteiger partial charge in [0.1, 0.15) is 5.75 Å². The molecule has 5 heteroatoms. The van der Waals surface area contributed by atoms with Crippen LogP contribution in [-0.2, 0) is 4.79 Å². The molecule has 1 aliphatic rings. The third kappa shape index (κ3) is 3.15. The molecule has 1 heterocycles. The first-order chi connectivity index (χ1) is 9.13. The molecule has 0 radical (unpaired) electrons. The number of benzene rings is 1. The lowest BCUT2D eigenvalue weighted by molar-refractivity contribution is -0.136. The summed E-state index contributed by atoms with van der Waals surface area (Å²) in [7, 11) is 0. The molecular formula is C14H16BrNO3. The molecule has 1 fully saturated rings. The number of nitrogens with zero attached hydrogens (tertiary/aromatic N) is 1. The second-order valence-electron chi connectivity index (χ2n) is 4.57. The fourth-order valence-corrected chi connectivity index (χ4v) is 2.64. The number of halogens is 1. The van der Waals surface area contributed by atoms with Crippen molar-refractivity contribution in [2.75, 3.05) is 13.1 Å². The smallest absolute Gasteiger partial charge is 0.263 e. The second-order valence-corrected chi connectivity index (χ2v) is 5.42. The van der Waals surface area contributed by atoms with Crippen molar-refractivity contribution in [2.45, 2.75) is 25.9 Å². The molecule has 0 bridgehead atoms. The number of likely N-dealkylation sites (tertiary alicyclic amines) is 1. The summed E-state index contributed by atoms with van der Waals surface area (Å²) in [6.45, 7) is 3.31. The monoisotopic (exact) mass is 325 g/mol. The molecule has 1 aromatic carbocycles. The highest BCUT2D eigenvalue weighted by atomic mass is 79.9. The molecule has 0 N–H and O–H groups in total. The van der Waals surface area contributed by atoms with Crippen molar-refractivity contribution in [2.24, 2.45) is 0 Å². The zero-order chi connectivity index (χ0) is 13.8. The predicted molar refractivity (Wildman–Crippen MR) is 75.4 cm³/mol. The predicted octanol–water partition coefficient (Wildman–Crippen LogP) is 2.65. The molecule has 0 spiro atoms. The number of ether oxygens (including phenoxy) is 1. The Labute approximate surface area is 120 Å². The Bertz CT molecular complexity index is 484. The Morgan fingerprint density at radius 1 is 1.42 bits per heavy atom. The van der Waals surface area contributed by atoms with Gasteiger partial charge < -0.3 is 9.64 Å². The van der Waals surface area contributed by atoms with Gasteiger partial charge in [-0.15, -0.1) is 0 Å². The van der Waals surface area contributed by atoms with Crippen molar-refractivity contribution < 1.29 is 14.3 Å². The number of carbonyl (C=O) groups excluding carboxylic acids is 2. The Hall–Kier alpha value is -1.36. The second kappa shape index (κ2) is 6.19. The van der Waals surface area contributed by atoms with E-state index < -0.39 is 6.10 Å². The Morgan fingerprint density at radius 2 is 2.11 bits per heavy atom. The SMILES string of the molecule is CC(Oc1c(Br)cccc1C=O)C(=O)N1CCCC1. The molecule has 1 unspecified atom stereocenters. The molecule has 4 nitrogen and oxygen atoms in total. The van der Waals surface area contributed by atoms with Crippen LogP contribution in [0.5, 0.6) is 5.75 Å². The van der Waals surface area contributed by atoms with E-state index in [4.69, 9.17) is 4.74 Å². The summed E-state index contributed by atoms with van der Waals surface area (Å²) in [5, 5.41) is 0. The largest absolute Gasteiger partial charge is 0.479 e. The van der Waals surface area contributed by atoms with Crippen molar-refractivity contribution in [3.05, 3.63) is 28.2 Å². The quantitative estimate of drug-likeness (QED) is 0.799. The topological polar surface area (TPSA) is 46.6 Å². The van der Waals surface area contributed by atoms with Gasteiger partial charge in [-0.25, -0.2) is 0 Å². The highest BCUT2D eigenvalue weighted by molar-refractivity contribution is 9.10. The van der Waals surface area contributed by atoms with Crippen molar-refractivity contribution in [1.29, 1.82) is 0 Å². The van der Waals surface area contributed by atoms with Crippen LogP contribution in [0.3, 0.4) is 0 Å². The highest BCUT2D eigenvalue weighted by Crippen LogP contribution is 2.29. The van der Waals surface area contributed by atoms with Gasteiger partial charge in [-0.3, -0.25) is 9.59 Å². The van der Waals surface area contributed by atoms with Crippen LogP contribution in [0.2, 0.25) is 0 Å². The number of carbonyl (C=O) groups is 2. The van der Waals surface area contributed by atoms with Gasteiger partial charge >= 0.3 is 0 Å². The van der Waals surface area contributed by atoms with Gasteiger partial charge in [-0.1, -0.05) is 6.07 Å². The first kappa shape index (κ1) is 14.1. The maximum atomic E-state index is 12.2. The molecular weight excluding hydrogens is 310 g/mol. The number of para-hydroxylation sites is 1. The Kier molecular flexibility index (Phi) is 4.58. The minimum Gasteiger partial charge on any atom is -0.479 e. The van der Waals surface area contributed by atoms with Gasteiger partial charge in [0.2, 0.25) is 0 Å². The molecule has 1 saturated heterocycles. The average Bonchev–Trinajstić information content (AvgIpc) is 2.94. The normalized spacial score (nSPS) is 16.2. The minimum absolute atomic E-state index is 0.0231. The number of hydrogen-bond acceptors (Lipinski definition) is 3. The van der Waals surface area contributed by atoms with Gasteiger partial charge in [0.25, 0.3) is 5.91 Å². The molecule has 0 aliphatic carbocycles. The number of rotatable bonds is 4. The van der Waals surface area contributed by atoms with E-state index in [0.29, 0.717) is 15.8 Å². The molecule has 1 atom stereocenters. The van der Waals surface area contributed by atoms with Crippen molar-refractivity contribution in [3.63, 3.8) is 0 Å². The molecule has 1 aromatic rings. The van der Waals surface area contributed by atoms with Crippen LogP contribution in [0.1, 0.15) is 30.1 Å². The van der Waals surface area contributed by atoms with E-state index in [1.54, 1.807) is 25.1 Å². The maximum Gasteiger partial charge on any atom is 0.263 e. The van der Waals surface area contributed by atoms with Crippen LogP contribution in [0, 0.1) is 0 Å². The molecule has 0 aromatic heterocycles. The van der Waals surface area contributed by atoms with Gasteiger partial charge in [-0.2, -0.15) is 0 Å². The van der Waals surface area contributed by atoms with Gasteiger partial charge in [0, 0.05) is 13.1 Å². The van der Waals surface area contributed by atoms with Crippen molar-refractivity contribution in [3.8, 4) is 5.75 Å². The lowest BCUT2D eigenvalue weighted by Crippen LogP contribution is -2.38. The van der Waals surface area contributed by atoms with E-state index in [2.05, 4.69) is 15.9 Å². The van der Waals surface area contributed by atoms with Gasteiger partial charge in [0.15, 0.2) is 12.4 Å². The standard InChI is InChI=1S/C14H16BrNO3/c1-10(14(18)16-7-2-3-8-16)19-13-11(9-17)5-4-6-12(13)15/h4-6,9-10H,2-3,7-8H2,1H3. The number of hydrogen-bond donors (Lipinski definition) is 0. The summed E-state index contributed by atoms with van der Waals surface area (Å²) in [6, 6.07) is 5.21. The van der Waals surface area contributed by atoms with E-state index in [1.807, 2.05) is 4.90 Å². The maximum absolute atomic E-state index is 12.2. The van der Waals surface area contributed by atoms with Crippen LogP contribution >= 0.6 is 15.9 Å². The summed E-state index contributed by atoms with van der Waals surface area (Å²) < 4.78 is 6.35. The Morgan fingerprint density at radius 3 is 2.74 bits per heavy atom. The summed E-state index contributed by atoms with van der Waals surface area (Å²) >= 11 is 3.34. The first-order valence-electron chi connectivity index (χ1n) is 6.32. The van der Waals surface area contributed by atoms with Gasteiger partial charge in [0.05, 0.1) is 10.0 Å². The van der Waals surface area contributed by atoms with E-state index in [0.717, 1.165) is 32.2 Å². The average molecular weight is 326 g/mol. The Balaban J connectivity index is 2.12. The van der Waals surface area contributed by atoms with Crippen LogP contribution in [0.15, 0.2) is 22.7 Å². The van der Waals surface area contributed by atoms with Crippen LogP contribution in [0.25, 0.3) is 0 Å². The summed E-state index contributed by atoms with van der Waals surface area (Å²) in [4.78, 5) is 25.0. The molecule has 1 amide bonds. The molecule has 19 heavy (non-hydrogen) atoms. The zero-order valence-corrected chi connectivity index (χ0v) is 12.4. The van der Waals surface area contributed by atoms with Gasteiger partial charge in [-0.05, 0) is 47.8 Å². The third-order valence-electron chi connectivity index (χ3n) is 3.18. The van der Waals surface area contributed by atoms with E-state index >= 15 is 0 Å². The number of aldehydes is 1. The van der Waals surface area contributed by atoms with Crippen LogP contribution in [0.4, 0.5) is 0 Å². The molecule has 2 rings (SSSR count). The number of amides is 1. The lowest BCUT2D eigenvalue weighted by Gasteiger charge is -2.22. The van der Waals surface area contributed by atoms with Crippen LogP contribution < -0.4 is 4.74 Å². The zero-order valence-electron chi connectivity index (χ0n) is 10.8. The molecule has 102 valence electrons. The fraction of sp³-hybridized carbons (Fsp3) is 0.429. The highest BCUT2D eigenvalue weighted by Gasteiger charge is 2.25. The minimum atomic E-state index is -0.588. The van der Waals surface area contributed by atoms with E-state index in [-0.39, 0.29) is 5.91 Å².